The fourth-order valence-electron chi connectivity index (χ4n) is 1.91. The number of halogens is 1. The van der Waals surface area contributed by atoms with E-state index in [-0.39, 0.29) is 29.6 Å². The molecule has 5 nitrogen and oxygen atoms in total. The van der Waals surface area contributed by atoms with Gasteiger partial charge in [-0.15, -0.1) is 0 Å². The molecule has 0 atom stereocenters. The first-order chi connectivity index (χ1) is 9.41. The van der Waals surface area contributed by atoms with Gasteiger partial charge in [-0.3, -0.25) is 0 Å². The van der Waals surface area contributed by atoms with Crippen molar-refractivity contribution in [2.24, 2.45) is 14.1 Å². The number of phenolic OH excluding ortho intramolecular Hbond substituents is 2. The number of phenols is 2. The lowest BCUT2D eigenvalue weighted by Gasteiger charge is -2.03. The number of para-hydroxylation sites is 1. The molecule has 0 amide bonds. The minimum Gasteiger partial charge on any atom is -1.00 e. The third kappa shape index (κ3) is 3.25. The van der Waals surface area contributed by atoms with Gasteiger partial charge in [-0.05, 0) is 25.1 Å². The third-order valence-electron chi connectivity index (χ3n) is 3.33. The summed E-state index contributed by atoms with van der Waals surface area (Å²) < 4.78 is 3.08. The number of hydrogen-bond acceptors (Lipinski definition) is 3. The topological polar surface area (TPSA) is 66.3 Å². The van der Waals surface area contributed by atoms with E-state index in [2.05, 4.69) is 0 Å². The Labute approximate surface area is 128 Å². The van der Waals surface area contributed by atoms with Gasteiger partial charge < -0.3 is 22.6 Å². The summed E-state index contributed by atoms with van der Waals surface area (Å²) in [6, 6.07) is 6.61. The lowest BCUT2D eigenvalue weighted by atomic mass is 10.1. The van der Waals surface area contributed by atoms with E-state index in [0.717, 1.165) is 5.69 Å². The number of nitrogens with zero attached hydrogens (tertiary/aromatic N) is 2. The van der Waals surface area contributed by atoms with Crippen LogP contribution in [0.4, 0.5) is 0 Å². The molecule has 0 bridgehead atoms. The van der Waals surface area contributed by atoms with E-state index in [0.29, 0.717) is 11.3 Å². The minimum absolute atomic E-state index is 0. The predicted molar refractivity (Wildman–Crippen MR) is 76.3 cm³/mol. The van der Waals surface area contributed by atoms with Crippen molar-refractivity contribution in [1.82, 2.24) is 4.57 Å². The number of hydrogen-bond donors (Lipinski definition) is 2. The number of benzene rings is 1. The smallest absolute Gasteiger partial charge is 0.498 e. The molecule has 1 heterocycles. The van der Waals surface area contributed by atoms with Crippen LogP contribution in [0.5, 0.6) is 11.5 Å². The zero-order valence-electron chi connectivity index (χ0n) is 12.0. The summed E-state index contributed by atoms with van der Waals surface area (Å²) >= 11 is 0. The monoisotopic (exact) mass is 308 g/mol. The zero-order valence-corrected chi connectivity index (χ0v) is 12.8. The van der Waals surface area contributed by atoms with Gasteiger partial charge in [0, 0.05) is 11.6 Å². The molecule has 0 unspecified atom stereocenters. The van der Waals surface area contributed by atoms with E-state index in [1.54, 1.807) is 42.9 Å². The molecule has 1 aromatic heterocycles. The van der Waals surface area contributed by atoms with Crippen molar-refractivity contribution in [3.63, 3.8) is 0 Å². The highest BCUT2D eigenvalue weighted by Crippen LogP contribution is 2.29. The van der Waals surface area contributed by atoms with Gasteiger partial charge in [0.2, 0.25) is 0 Å². The van der Waals surface area contributed by atoms with Gasteiger partial charge in [-0.1, -0.05) is 12.1 Å². The second-order valence-electron chi connectivity index (χ2n) is 4.66. The fourth-order valence-corrected chi connectivity index (χ4v) is 1.91. The first-order valence-electron chi connectivity index (χ1n) is 6.17. The first-order valence-corrected chi connectivity index (χ1v) is 6.17. The van der Waals surface area contributed by atoms with Crippen LogP contribution in [0.3, 0.4) is 0 Å². The number of aromatic nitrogens is 2. The molecule has 0 radical (unpaired) electrons. The summed E-state index contributed by atoms with van der Waals surface area (Å²) in [7, 11) is 3.40. The van der Waals surface area contributed by atoms with Gasteiger partial charge in [-0.25, -0.2) is 0 Å². The molecular formula is C15H17ClN2O3. The van der Waals surface area contributed by atoms with E-state index in [1.165, 1.54) is 10.6 Å². The zero-order chi connectivity index (χ0) is 14.9. The minimum atomic E-state index is -0.174. The second-order valence-corrected chi connectivity index (χ2v) is 4.66. The number of rotatable bonds is 2. The Balaban J connectivity index is 0.00000220. The molecule has 6 heteroatoms. The second kappa shape index (κ2) is 6.45. The molecule has 2 aromatic rings. The first kappa shape index (κ1) is 16.8. The summed E-state index contributed by atoms with van der Waals surface area (Å²) in [5, 5.41) is 19.2. The van der Waals surface area contributed by atoms with E-state index in [4.69, 9.17) is 0 Å². The average Bonchev–Trinajstić information content (AvgIpc) is 2.43. The highest BCUT2D eigenvalue weighted by molar-refractivity contribution is 5.72. The van der Waals surface area contributed by atoms with Crippen molar-refractivity contribution in [2.75, 3.05) is 0 Å². The maximum atomic E-state index is 11.9. The molecule has 0 spiro atoms. The lowest BCUT2D eigenvalue weighted by Crippen LogP contribution is -3.00. The molecule has 112 valence electrons. The Kier molecular flexibility index (Phi) is 5.16. The quantitative estimate of drug-likeness (QED) is 0.503. The van der Waals surface area contributed by atoms with E-state index in [1.807, 2.05) is 13.0 Å². The number of aryl methyl sites for hydroxylation is 1. The third-order valence-corrected chi connectivity index (χ3v) is 3.33. The highest BCUT2D eigenvalue weighted by Gasteiger charge is 2.11. The van der Waals surface area contributed by atoms with Crippen molar-refractivity contribution >= 4 is 12.2 Å². The van der Waals surface area contributed by atoms with Crippen LogP contribution in [0.1, 0.15) is 17.0 Å². The summed E-state index contributed by atoms with van der Waals surface area (Å²) in [6.45, 7) is 1.85. The van der Waals surface area contributed by atoms with Crippen LogP contribution in [-0.2, 0) is 14.1 Å². The van der Waals surface area contributed by atoms with Gasteiger partial charge >= 0.3 is 5.69 Å². The predicted octanol–water partition coefficient (Wildman–Crippen LogP) is -1.90. The van der Waals surface area contributed by atoms with E-state index < -0.39 is 0 Å². The lowest BCUT2D eigenvalue weighted by molar-refractivity contribution is -0.692. The Morgan fingerprint density at radius 1 is 1.24 bits per heavy atom. The standard InChI is InChI=1S/C15H16N2O3.ClH/c1-10-9-12(17(3)15(20)16(10)2)8-7-11-5-4-6-13(18)14(11)19;/h4-9,18H,1-3H3;1H. The molecule has 21 heavy (non-hydrogen) atoms. The van der Waals surface area contributed by atoms with Crippen LogP contribution >= 0.6 is 0 Å². The highest BCUT2D eigenvalue weighted by atomic mass is 35.5. The van der Waals surface area contributed by atoms with Gasteiger partial charge in [-0.2, -0.15) is 13.9 Å². The molecule has 0 saturated heterocycles. The van der Waals surface area contributed by atoms with Crippen LogP contribution in [-0.4, -0.2) is 14.8 Å². The van der Waals surface area contributed by atoms with Gasteiger partial charge in [0.25, 0.3) is 0 Å². The van der Waals surface area contributed by atoms with Crippen LogP contribution in [0, 0.1) is 6.92 Å². The van der Waals surface area contributed by atoms with Crippen molar-refractivity contribution in [1.29, 1.82) is 0 Å². The number of aromatic hydroxyl groups is 2. The largest absolute Gasteiger partial charge is 1.00 e. The molecule has 0 aliphatic heterocycles. The van der Waals surface area contributed by atoms with Crippen LogP contribution in [0.15, 0.2) is 29.1 Å². The van der Waals surface area contributed by atoms with E-state index >= 15 is 0 Å². The van der Waals surface area contributed by atoms with Gasteiger partial charge in [0.15, 0.2) is 11.5 Å². The average molecular weight is 309 g/mol. The normalized spacial score (nSPS) is 10.6. The maximum absolute atomic E-state index is 11.9. The van der Waals surface area contributed by atoms with Crippen molar-refractivity contribution in [3.8, 4) is 11.5 Å². The molecule has 2 rings (SSSR count). The van der Waals surface area contributed by atoms with Crippen molar-refractivity contribution < 1.29 is 27.2 Å². The molecule has 0 fully saturated rings. The van der Waals surface area contributed by atoms with Crippen molar-refractivity contribution in [2.45, 2.75) is 6.92 Å². The summed E-state index contributed by atoms with van der Waals surface area (Å²) in [6.07, 6.45) is 3.38. The molecule has 0 aliphatic rings. The molecule has 0 aliphatic carbocycles. The Morgan fingerprint density at radius 2 is 1.90 bits per heavy atom. The molecule has 1 aromatic carbocycles. The SMILES string of the molecule is Cc1cc(C=Cc2cccc(O)c2O)[n+](C)c(=O)n1C.[Cl-]. The van der Waals surface area contributed by atoms with E-state index in [9.17, 15) is 15.0 Å². The Bertz CT molecular complexity index is 751. The fraction of sp³-hybridized carbons (Fsp3) is 0.200. The molecular weight excluding hydrogens is 292 g/mol. The van der Waals surface area contributed by atoms with Crippen molar-refractivity contribution in [3.05, 3.63) is 51.7 Å². The van der Waals surface area contributed by atoms with Crippen LogP contribution in [0.25, 0.3) is 12.2 Å². The summed E-state index contributed by atoms with van der Waals surface area (Å²) in [5.74, 6) is -0.344. The molecule has 0 saturated carbocycles. The van der Waals surface area contributed by atoms with Gasteiger partial charge in [0.05, 0.1) is 14.1 Å². The van der Waals surface area contributed by atoms with Crippen LogP contribution in [0.2, 0.25) is 0 Å². The molecule has 2 N–H and O–H groups in total. The Hall–Kier alpha value is -2.27. The summed E-state index contributed by atoms with van der Waals surface area (Å²) in [4.78, 5) is 11.9. The maximum Gasteiger partial charge on any atom is 0.498 e. The Morgan fingerprint density at radius 3 is 2.57 bits per heavy atom. The summed E-state index contributed by atoms with van der Waals surface area (Å²) in [5.41, 5.74) is 1.93. The van der Waals surface area contributed by atoms with Gasteiger partial charge in [0.1, 0.15) is 11.4 Å². The van der Waals surface area contributed by atoms with Crippen LogP contribution < -0.4 is 22.7 Å².